The number of para-hydroxylation sites is 3. The van der Waals surface area contributed by atoms with Gasteiger partial charge in [0.25, 0.3) is 5.24 Å². The average molecular weight is 564 g/mol. The quantitative estimate of drug-likeness (QED) is 0.481. The zero-order valence-electron chi connectivity index (χ0n) is 21.4. The van der Waals surface area contributed by atoms with Crippen molar-refractivity contribution in [2.24, 2.45) is 4.99 Å². The standard InChI is InChI=1S/C25H28F3N7O3S/c1-3-35-19-10-6-4-8-17(19)30-22(35)32-23-31-18-9-5-7-11-20(18)39(23,38-25(26,27)28)24(37)29-16-21(36)34-14-12-33(2)13-15-34/h4-11H,3,12-16H2,1-2H3,(H,29,37)(H,30,31,32). The Morgan fingerprint density at radius 3 is 2.51 bits per heavy atom. The number of aromatic nitrogens is 2. The molecule has 5 rings (SSSR count). The van der Waals surface area contributed by atoms with Gasteiger partial charge in [-0.15, -0.1) is 13.2 Å². The molecule has 14 heteroatoms. The second-order valence-corrected chi connectivity index (χ2v) is 11.6. The number of carbonyl (C=O) groups excluding carboxylic acids is 2. The summed E-state index contributed by atoms with van der Waals surface area (Å²) in [5, 5.41) is 3.90. The smallest absolute Gasteiger partial charge is 0.339 e. The maximum atomic E-state index is 14.0. The zero-order chi connectivity index (χ0) is 27.8. The number of aryl methyl sites for hydroxylation is 1. The highest BCUT2D eigenvalue weighted by Gasteiger charge is 2.55. The number of piperazine rings is 1. The number of hydrogen-bond acceptors (Lipinski definition) is 6. The van der Waals surface area contributed by atoms with Crippen molar-refractivity contribution in [3.63, 3.8) is 0 Å². The highest BCUT2D eigenvalue weighted by molar-refractivity contribution is 8.53. The lowest BCUT2D eigenvalue weighted by Crippen LogP contribution is -2.50. The van der Waals surface area contributed by atoms with Gasteiger partial charge in [0.05, 0.1) is 28.2 Å². The van der Waals surface area contributed by atoms with E-state index in [1.165, 1.54) is 12.1 Å². The molecule has 3 aromatic rings. The van der Waals surface area contributed by atoms with Crippen molar-refractivity contribution < 1.29 is 26.9 Å². The predicted molar refractivity (Wildman–Crippen MR) is 143 cm³/mol. The summed E-state index contributed by atoms with van der Waals surface area (Å²) in [5.41, 5.74) is 1.61. The molecule has 208 valence electrons. The van der Waals surface area contributed by atoms with E-state index in [4.69, 9.17) is 4.18 Å². The average Bonchev–Trinajstić information content (AvgIpc) is 3.41. The number of likely N-dealkylation sites (N-methyl/N-ethyl adjacent to an activating group) is 1. The Kier molecular flexibility index (Phi) is 7.27. The summed E-state index contributed by atoms with van der Waals surface area (Å²) in [4.78, 5) is 39.1. The van der Waals surface area contributed by atoms with Gasteiger partial charge in [-0.1, -0.05) is 24.3 Å². The molecule has 0 bridgehead atoms. The fraction of sp³-hybridized carbons (Fsp3) is 0.360. The first-order valence-corrected chi connectivity index (χ1v) is 13.9. The highest BCUT2D eigenvalue weighted by Crippen LogP contribution is 2.67. The number of amides is 2. The third kappa shape index (κ3) is 5.18. The molecular formula is C25H28F3N7O3S. The molecule has 1 saturated heterocycles. The summed E-state index contributed by atoms with van der Waals surface area (Å²) in [6.07, 6.45) is -5.18. The number of rotatable bonds is 5. The van der Waals surface area contributed by atoms with E-state index >= 15 is 0 Å². The van der Waals surface area contributed by atoms with Gasteiger partial charge in [0.2, 0.25) is 11.9 Å². The Balaban J connectivity index is 1.56. The molecule has 2 aliphatic rings. The number of halogens is 3. The van der Waals surface area contributed by atoms with E-state index in [2.05, 4.69) is 25.5 Å². The molecule has 10 nitrogen and oxygen atoms in total. The van der Waals surface area contributed by atoms with Crippen LogP contribution in [0.15, 0.2) is 58.4 Å². The van der Waals surface area contributed by atoms with Gasteiger partial charge in [-0.25, -0.2) is 9.17 Å². The maximum absolute atomic E-state index is 14.0. The van der Waals surface area contributed by atoms with Crippen LogP contribution in [0.5, 0.6) is 0 Å². The summed E-state index contributed by atoms with van der Waals surface area (Å²) in [5.74, 6) is -0.263. The van der Waals surface area contributed by atoms with Gasteiger partial charge in [-0.3, -0.25) is 9.59 Å². The zero-order valence-corrected chi connectivity index (χ0v) is 22.2. The summed E-state index contributed by atoms with van der Waals surface area (Å²) in [7, 11) is -2.03. The van der Waals surface area contributed by atoms with E-state index < -0.39 is 28.5 Å². The number of hydrogen-bond donors (Lipinski definition) is 2. The topological polar surface area (TPSA) is 104 Å². The van der Waals surface area contributed by atoms with Crippen LogP contribution in [0.3, 0.4) is 0 Å². The Morgan fingerprint density at radius 1 is 1.10 bits per heavy atom. The van der Waals surface area contributed by atoms with Gasteiger partial charge >= 0.3 is 6.36 Å². The number of fused-ring (bicyclic) bond motifs is 2. The van der Waals surface area contributed by atoms with Crippen molar-refractivity contribution in [2.75, 3.05) is 45.1 Å². The van der Waals surface area contributed by atoms with E-state index in [1.807, 2.05) is 26.1 Å². The molecule has 1 aromatic heterocycles. The molecule has 0 aliphatic carbocycles. The molecule has 1 unspecified atom stereocenters. The van der Waals surface area contributed by atoms with E-state index in [-0.39, 0.29) is 27.6 Å². The van der Waals surface area contributed by atoms with Crippen LogP contribution in [-0.2, 0) is 15.5 Å². The van der Waals surface area contributed by atoms with Crippen LogP contribution in [0.25, 0.3) is 11.0 Å². The Labute approximate surface area is 224 Å². The third-order valence-electron chi connectivity index (χ3n) is 6.58. The molecule has 2 aliphatic heterocycles. The minimum Gasteiger partial charge on any atom is -0.339 e. The monoisotopic (exact) mass is 563 g/mol. The first kappa shape index (κ1) is 27.0. The molecule has 1 atom stereocenters. The molecule has 2 N–H and O–H groups in total. The fourth-order valence-electron chi connectivity index (χ4n) is 4.62. The van der Waals surface area contributed by atoms with Crippen LogP contribution in [0, 0.1) is 0 Å². The number of nitrogens with one attached hydrogen (secondary N) is 2. The van der Waals surface area contributed by atoms with Gasteiger partial charge in [0.1, 0.15) is 0 Å². The summed E-state index contributed by atoms with van der Waals surface area (Å²) < 4.78 is 48.4. The van der Waals surface area contributed by atoms with Crippen molar-refractivity contribution in [1.82, 2.24) is 24.7 Å². The van der Waals surface area contributed by atoms with Crippen molar-refractivity contribution in [1.29, 1.82) is 0 Å². The molecular weight excluding hydrogens is 535 g/mol. The van der Waals surface area contributed by atoms with Gasteiger partial charge < -0.3 is 25.0 Å². The van der Waals surface area contributed by atoms with Crippen LogP contribution in [0.2, 0.25) is 0 Å². The number of nitrogens with zero attached hydrogens (tertiary/aromatic N) is 5. The Bertz CT molecular complexity index is 1440. The maximum Gasteiger partial charge on any atom is 0.533 e. The lowest BCUT2D eigenvalue weighted by atomic mass is 10.3. The largest absolute Gasteiger partial charge is 0.533 e. The number of aliphatic imine (C=N–C) groups is 1. The first-order chi connectivity index (χ1) is 18.6. The number of imidazole rings is 1. The van der Waals surface area contributed by atoms with E-state index in [0.29, 0.717) is 38.2 Å². The molecule has 3 heterocycles. The van der Waals surface area contributed by atoms with Gasteiger partial charge in [0, 0.05) is 43.0 Å². The second kappa shape index (κ2) is 10.5. The summed E-state index contributed by atoms with van der Waals surface area (Å²) in [6, 6.07) is 13.3. The van der Waals surface area contributed by atoms with Crippen LogP contribution in [-0.4, -0.2) is 81.8 Å². The second-order valence-electron chi connectivity index (χ2n) is 9.09. The van der Waals surface area contributed by atoms with Gasteiger partial charge in [-0.05, 0) is 38.2 Å². The van der Waals surface area contributed by atoms with Gasteiger partial charge in [0.15, 0.2) is 5.17 Å². The van der Waals surface area contributed by atoms with E-state index in [1.54, 1.807) is 33.7 Å². The predicted octanol–water partition coefficient (Wildman–Crippen LogP) is 4.27. The minimum absolute atomic E-state index is 0.00443. The fourth-order valence-corrected chi connectivity index (χ4v) is 7.17. The Hall–Kier alpha value is -3.62. The van der Waals surface area contributed by atoms with Crippen LogP contribution in [0.1, 0.15) is 6.92 Å². The van der Waals surface area contributed by atoms with Crippen LogP contribution in [0.4, 0.5) is 29.6 Å². The molecule has 0 spiro atoms. The van der Waals surface area contributed by atoms with Gasteiger partial charge in [-0.2, -0.15) is 4.99 Å². The molecule has 1 fully saturated rings. The lowest BCUT2D eigenvalue weighted by molar-refractivity contribution is -0.268. The van der Waals surface area contributed by atoms with Crippen molar-refractivity contribution in [2.45, 2.75) is 24.7 Å². The number of alkyl halides is 3. The first-order valence-electron chi connectivity index (χ1n) is 12.4. The van der Waals surface area contributed by atoms with Crippen molar-refractivity contribution >= 4 is 49.3 Å². The Morgan fingerprint density at radius 2 is 1.79 bits per heavy atom. The molecule has 2 aromatic carbocycles. The number of amidine groups is 1. The lowest BCUT2D eigenvalue weighted by Gasteiger charge is -2.35. The van der Waals surface area contributed by atoms with E-state index in [0.717, 1.165) is 5.52 Å². The third-order valence-corrected chi connectivity index (χ3v) is 9.40. The summed E-state index contributed by atoms with van der Waals surface area (Å²) in [6.45, 7) is 4.09. The summed E-state index contributed by atoms with van der Waals surface area (Å²) >= 11 is 0. The van der Waals surface area contributed by atoms with Crippen molar-refractivity contribution in [3.8, 4) is 0 Å². The van der Waals surface area contributed by atoms with E-state index in [9.17, 15) is 22.8 Å². The number of anilines is 1. The molecule has 2 amide bonds. The number of benzene rings is 2. The SMILES string of the molecule is CCn1c(/N=C2\Nc3ccccc3S2(OC(F)(F)F)C(=O)NCC(=O)N2CCN(C)CC2)nc2ccccc21. The van der Waals surface area contributed by atoms with Crippen LogP contribution >= 0.6 is 10.3 Å². The normalized spacial score (nSPS) is 22.4. The molecule has 0 saturated carbocycles. The van der Waals surface area contributed by atoms with Crippen LogP contribution < -0.4 is 10.6 Å². The molecule has 0 radical (unpaired) electrons. The number of carbonyl (C=O) groups is 2. The minimum atomic E-state index is -5.18. The highest BCUT2D eigenvalue weighted by atomic mass is 32.3. The van der Waals surface area contributed by atoms with Crippen molar-refractivity contribution in [3.05, 3.63) is 48.5 Å². The molecule has 39 heavy (non-hydrogen) atoms.